The number of aromatic carboxylic acids is 1. The second-order valence-electron chi connectivity index (χ2n) is 3.78. The SMILES string of the molecule is CCOc1oc(-c2c(Cl)cccc2[N+](=O)[O-])nc1C(=O)O. The minimum Gasteiger partial charge on any atom is -0.476 e. The van der Waals surface area contributed by atoms with Crippen molar-refractivity contribution in [1.29, 1.82) is 0 Å². The highest BCUT2D eigenvalue weighted by Gasteiger charge is 2.28. The molecule has 21 heavy (non-hydrogen) atoms. The summed E-state index contributed by atoms with van der Waals surface area (Å²) in [4.78, 5) is 25.2. The molecule has 0 amide bonds. The quantitative estimate of drug-likeness (QED) is 0.666. The Bertz CT molecular complexity index is 712. The Morgan fingerprint density at radius 3 is 2.86 bits per heavy atom. The Balaban J connectivity index is 2.65. The van der Waals surface area contributed by atoms with Crippen LogP contribution in [-0.4, -0.2) is 27.6 Å². The molecule has 2 rings (SSSR count). The van der Waals surface area contributed by atoms with Crippen LogP contribution in [0.5, 0.6) is 5.95 Å². The molecule has 1 heterocycles. The van der Waals surface area contributed by atoms with E-state index in [0.717, 1.165) is 0 Å². The van der Waals surface area contributed by atoms with E-state index in [9.17, 15) is 14.9 Å². The Kier molecular flexibility index (Phi) is 4.08. The van der Waals surface area contributed by atoms with Gasteiger partial charge in [-0.1, -0.05) is 17.7 Å². The van der Waals surface area contributed by atoms with Gasteiger partial charge in [0.1, 0.15) is 5.56 Å². The smallest absolute Gasteiger partial charge is 0.362 e. The molecule has 1 N–H and O–H groups in total. The number of hydrogen-bond acceptors (Lipinski definition) is 6. The Labute approximate surface area is 123 Å². The number of nitrogens with zero attached hydrogens (tertiary/aromatic N) is 2. The normalized spacial score (nSPS) is 10.4. The lowest BCUT2D eigenvalue weighted by atomic mass is 10.2. The number of ether oxygens (including phenoxy) is 1. The lowest BCUT2D eigenvalue weighted by Gasteiger charge is -2.01. The van der Waals surface area contributed by atoms with Crippen molar-refractivity contribution in [3.05, 3.63) is 39.0 Å². The highest BCUT2D eigenvalue weighted by molar-refractivity contribution is 6.33. The van der Waals surface area contributed by atoms with Crippen LogP contribution in [0.15, 0.2) is 22.6 Å². The lowest BCUT2D eigenvalue weighted by Crippen LogP contribution is -2.01. The zero-order chi connectivity index (χ0) is 15.6. The van der Waals surface area contributed by atoms with E-state index < -0.39 is 16.6 Å². The summed E-state index contributed by atoms with van der Waals surface area (Å²) in [6, 6.07) is 4.02. The van der Waals surface area contributed by atoms with Crippen LogP contribution in [0.3, 0.4) is 0 Å². The fourth-order valence-corrected chi connectivity index (χ4v) is 1.90. The van der Waals surface area contributed by atoms with Crippen LogP contribution < -0.4 is 4.74 Å². The van der Waals surface area contributed by atoms with Gasteiger partial charge in [-0.25, -0.2) is 4.79 Å². The van der Waals surface area contributed by atoms with E-state index >= 15 is 0 Å². The second kappa shape index (κ2) is 5.80. The first-order chi connectivity index (χ1) is 9.95. The standard InChI is InChI=1S/C12H9ClN2O6/c1-2-20-12-9(11(16)17)14-10(21-12)8-6(13)4-3-5-7(8)15(18)19/h3-5H,2H2,1H3,(H,16,17). The van der Waals surface area contributed by atoms with Gasteiger partial charge in [-0.3, -0.25) is 10.1 Å². The number of carboxylic acids is 1. The van der Waals surface area contributed by atoms with E-state index in [2.05, 4.69) is 4.98 Å². The number of carboxylic acid groups (broad SMARTS) is 1. The first-order valence-electron chi connectivity index (χ1n) is 5.75. The predicted molar refractivity (Wildman–Crippen MR) is 71.7 cm³/mol. The predicted octanol–water partition coefficient (Wildman–Crippen LogP) is 3.00. The van der Waals surface area contributed by atoms with Crippen LogP contribution in [0.1, 0.15) is 17.4 Å². The number of carbonyl (C=O) groups is 1. The number of nitro groups is 1. The van der Waals surface area contributed by atoms with Gasteiger partial charge in [0.05, 0.1) is 16.6 Å². The zero-order valence-electron chi connectivity index (χ0n) is 10.7. The minimum atomic E-state index is -1.37. The molecule has 1 aromatic carbocycles. The van der Waals surface area contributed by atoms with E-state index in [-0.39, 0.29) is 34.7 Å². The molecule has 0 spiro atoms. The van der Waals surface area contributed by atoms with Crippen LogP contribution in [0.25, 0.3) is 11.5 Å². The molecule has 0 atom stereocenters. The fourth-order valence-electron chi connectivity index (χ4n) is 1.65. The maximum absolute atomic E-state index is 11.1. The number of oxazole rings is 1. The molecule has 9 heteroatoms. The first-order valence-corrected chi connectivity index (χ1v) is 6.13. The molecule has 0 aliphatic carbocycles. The molecule has 110 valence electrons. The van der Waals surface area contributed by atoms with Crippen molar-refractivity contribution >= 4 is 23.3 Å². The van der Waals surface area contributed by atoms with Crippen molar-refractivity contribution in [3.8, 4) is 17.4 Å². The highest BCUT2D eigenvalue weighted by Crippen LogP contribution is 2.38. The van der Waals surface area contributed by atoms with Gasteiger partial charge in [-0.2, -0.15) is 4.98 Å². The minimum absolute atomic E-state index is 0.0189. The van der Waals surface area contributed by atoms with Crippen LogP contribution >= 0.6 is 11.6 Å². The molecule has 2 aromatic rings. The fraction of sp³-hybridized carbons (Fsp3) is 0.167. The van der Waals surface area contributed by atoms with Gasteiger partial charge in [0, 0.05) is 6.07 Å². The monoisotopic (exact) mass is 312 g/mol. The summed E-state index contributed by atoms with van der Waals surface area (Å²) in [7, 11) is 0. The average Bonchev–Trinajstić information content (AvgIpc) is 2.82. The largest absolute Gasteiger partial charge is 0.476 e. The second-order valence-corrected chi connectivity index (χ2v) is 4.19. The number of aromatic nitrogens is 1. The third-order valence-electron chi connectivity index (χ3n) is 2.48. The molecule has 0 bridgehead atoms. The van der Waals surface area contributed by atoms with Crippen LogP contribution in [-0.2, 0) is 0 Å². The van der Waals surface area contributed by atoms with Gasteiger partial charge in [-0.15, -0.1) is 0 Å². The Morgan fingerprint density at radius 1 is 1.57 bits per heavy atom. The molecule has 8 nitrogen and oxygen atoms in total. The topological polar surface area (TPSA) is 116 Å². The molecule has 0 saturated carbocycles. The number of rotatable bonds is 5. The van der Waals surface area contributed by atoms with E-state index in [4.69, 9.17) is 25.9 Å². The van der Waals surface area contributed by atoms with Crippen molar-refractivity contribution < 1.29 is 24.0 Å². The van der Waals surface area contributed by atoms with Crippen molar-refractivity contribution in [2.24, 2.45) is 0 Å². The van der Waals surface area contributed by atoms with E-state index in [1.54, 1.807) is 6.92 Å². The van der Waals surface area contributed by atoms with Crippen molar-refractivity contribution in [3.63, 3.8) is 0 Å². The van der Waals surface area contributed by atoms with E-state index in [0.29, 0.717) is 0 Å². The maximum atomic E-state index is 11.1. The van der Waals surface area contributed by atoms with Gasteiger partial charge in [0.2, 0.25) is 11.6 Å². The molecule has 0 radical (unpaired) electrons. The van der Waals surface area contributed by atoms with Crippen molar-refractivity contribution in [2.45, 2.75) is 6.92 Å². The van der Waals surface area contributed by atoms with Crippen LogP contribution in [0, 0.1) is 10.1 Å². The van der Waals surface area contributed by atoms with Gasteiger partial charge in [0.25, 0.3) is 5.69 Å². The first kappa shape index (κ1) is 14.8. The number of halogens is 1. The van der Waals surface area contributed by atoms with Crippen molar-refractivity contribution in [1.82, 2.24) is 4.98 Å². The summed E-state index contributed by atoms with van der Waals surface area (Å²) in [6.45, 7) is 1.78. The third-order valence-corrected chi connectivity index (χ3v) is 2.79. The molecule has 0 saturated heterocycles. The van der Waals surface area contributed by atoms with Gasteiger partial charge < -0.3 is 14.3 Å². The molecular weight excluding hydrogens is 304 g/mol. The summed E-state index contributed by atoms with van der Waals surface area (Å²) in [5, 5.41) is 20.1. The van der Waals surface area contributed by atoms with Crippen LogP contribution in [0.2, 0.25) is 5.02 Å². The average molecular weight is 313 g/mol. The molecule has 0 unspecified atom stereocenters. The van der Waals surface area contributed by atoms with E-state index in [1.807, 2.05) is 0 Å². The lowest BCUT2D eigenvalue weighted by molar-refractivity contribution is -0.384. The highest BCUT2D eigenvalue weighted by atomic mass is 35.5. The summed E-state index contributed by atoms with van der Waals surface area (Å²) in [5.41, 5.74) is -0.914. The van der Waals surface area contributed by atoms with Gasteiger partial charge in [0.15, 0.2) is 0 Å². The number of benzene rings is 1. The summed E-state index contributed by atoms with van der Waals surface area (Å²) >= 11 is 5.93. The Hall–Kier alpha value is -2.61. The third kappa shape index (κ3) is 2.79. The molecule has 0 fully saturated rings. The molecule has 0 aliphatic heterocycles. The summed E-state index contributed by atoms with van der Waals surface area (Å²) in [5.74, 6) is -1.98. The molecular formula is C12H9ClN2O6. The maximum Gasteiger partial charge on any atom is 0.362 e. The van der Waals surface area contributed by atoms with Crippen LogP contribution in [0.4, 0.5) is 5.69 Å². The Morgan fingerprint density at radius 2 is 2.29 bits per heavy atom. The van der Waals surface area contributed by atoms with Gasteiger partial charge >= 0.3 is 11.9 Å². The summed E-state index contributed by atoms with van der Waals surface area (Å²) in [6.07, 6.45) is 0. The number of hydrogen-bond donors (Lipinski definition) is 1. The molecule has 0 aliphatic rings. The van der Waals surface area contributed by atoms with Gasteiger partial charge in [-0.05, 0) is 13.0 Å². The summed E-state index contributed by atoms with van der Waals surface area (Å²) < 4.78 is 10.2. The molecule has 1 aromatic heterocycles. The van der Waals surface area contributed by atoms with E-state index in [1.165, 1.54) is 18.2 Å². The zero-order valence-corrected chi connectivity index (χ0v) is 11.5. The number of nitro benzene ring substituents is 1. The van der Waals surface area contributed by atoms with Crippen molar-refractivity contribution in [2.75, 3.05) is 6.61 Å².